The quantitative estimate of drug-likeness (QED) is 0.658. The lowest BCUT2D eigenvalue weighted by Crippen LogP contribution is -2.27. The van der Waals surface area contributed by atoms with E-state index < -0.39 is 29.0 Å². The van der Waals surface area contributed by atoms with E-state index in [4.69, 9.17) is 23.2 Å². The second-order valence-electron chi connectivity index (χ2n) is 5.84. The second kappa shape index (κ2) is 7.92. The van der Waals surface area contributed by atoms with Gasteiger partial charge in [0.1, 0.15) is 11.3 Å². The molecule has 0 fully saturated rings. The number of hydrogen-bond acceptors (Lipinski definition) is 3. The molecule has 1 amide bonds. The first-order chi connectivity index (χ1) is 13.6. The number of amides is 1. The van der Waals surface area contributed by atoms with Crippen LogP contribution in [0.15, 0.2) is 47.7 Å². The van der Waals surface area contributed by atoms with Crippen LogP contribution in [-0.2, 0) is 6.18 Å². The van der Waals surface area contributed by atoms with Crippen LogP contribution < -0.4 is 10.9 Å². The summed E-state index contributed by atoms with van der Waals surface area (Å²) in [4.78, 5) is 27.8. The number of carbonyl (C=O) groups is 1. The minimum Gasteiger partial charge on any atom is -0.351 e. The van der Waals surface area contributed by atoms with Crippen molar-refractivity contribution in [2.75, 3.05) is 6.54 Å². The van der Waals surface area contributed by atoms with Gasteiger partial charge in [-0.15, -0.1) is 0 Å². The molecule has 0 unspecified atom stereocenters. The summed E-state index contributed by atoms with van der Waals surface area (Å²) in [6, 6.07) is 7.03. The summed E-state index contributed by atoms with van der Waals surface area (Å²) in [7, 11) is 0. The van der Waals surface area contributed by atoms with Crippen molar-refractivity contribution in [1.82, 2.24) is 19.4 Å². The van der Waals surface area contributed by atoms with Crippen molar-refractivity contribution in [1.29, 1.82) is 0 Å². The smallest absolute Gasteiger partial charge is 0.351 e. The highest BCUT2D eigenvalue weighted by Crippen LogP contribution is 2.33. The summed E-state index contributed by atoms with van der Waals surface area (Å²) < 4.78 is 42.8. The molecule has 0 aliphatic carbocycles. The molecule has 11 heteroatoms. The van der Waals surface area contributed by atoms with E-state index in [9.17, 15) is 22.8 Å². The molecule has 2 heterocycles. The van der Waals surface area contributed by atoms with Gasteiger partial charge in [0.05, 0.1) is 5.02 Å². The molecule has 0 saturated carbocycles. The van der Waals surface area contributed by atoms with E-state index in [2.05, 4.69) is 10.3 Å². The van der Waals surface area contributed by atoms with Gasteiger partial charge in [-0.25, -0.2) is 4.98 Å². The Bertz CT molecular complexity index is 1120. The van der Waals surface area contributed by atoms with E-state index >= 15 is 0 Å². The number of aromatic nitrogens is 3. The summed E-state index contributed by atoms with van der Waals surface area (Å²) in [6.45, 7) is 1.75. The van der Waals surface area contributed by atoms with Crippen LogP contribution >= 0.6 is 23.2 Å². The molecule has 2 aromatic heterocycles. The molecule has 0 bridgehead atoms. The Balaban J connectivity index is 2.06. The van der Waals surface area contributed by atoms with Gasteiger partial charge < -0.3 is 5.32 Å². The number of nitrogens with one attached hydrogen (secondary N) is 1. The molecule has 152 valence electrons. The van der Waals surface area contributed by atoms with Crippen LogP contribution in [0.5, 0.6) is 0 Å². The third kappa shape index (κ3) is 4.01. The average molecular weight is 445 g/mol. The molecule has 3 aromatic rings. The van der Waals surface area contributed by atoms with E-state index in [1.165, 1.54) is 41.1 Å². The zero-order valence-corrected chi connectivity index (χ0v) is 16.3. The highest BCUT2D eigenvalue weighted by molar-refractivity contribution is 6.41. The Labute approximate surface area is 172 Å². The monoisotopic (exact) mass is 444 g/mol. The molecular formula is C18H13Cl2F3N4O2. The summed E-state index contributed by atoms with van der Waals surface area (Å²) >= 11 is 11.6. The van der Waals surface area contributed by atoms with Gasteiger partial charge in [-0.3, -0.25) is 18.7 Å². The molecular weight excluding hydrogens is 432 g/mol. The van der Waals surface area contributed by atoms with Gasteiger partial charge in [0, 0.05) is 24.1 Å². The maximum atomic E-state index is 13.6. The van der Waals surface area contributed by atoms with Gasteiger partial charge in [-0.1, -0.05) is 23.2 Å². The van der Waals surface area contributed by atoms with Crippen LogP contribution in [0, 0.1) is 0 Å². The number of carbonyl (C=O) groups excluding carboxylic acids is 1. The van der Waals surface area contributed by atoms with Gasteiger partial charge in [0.2, 0.25) is 0 Å². The third-order valence-corrected chi connectivity index (χ3v) is 4.76. The van der Waals surface area contributed by atoms with Crippen LogP contribution in [0.3, 0.4) is 0 Å². The van der Waals surface area contributed by atoms with Crippen molar-refractivity contribution in [3.05, 3.63) is 74.6 Å². The molecule has 0 aliphatic heterocycles. The first-order valence-electron chi connectivity index (χ1n) is 8.25. The fourth-order valence-corrected chi connectivity index (χ4v) is 2.98. The van der Waals surface area contributed by atoms with Crippen LogP contribution in [0.2, 0.25) is 10.0 Å². The lowest BCUT2D eigenvalue weighted by molar-refractivity contribution is -0.142. The Morgan fingerprint density at radius 3 is 2.24 bits per heavy atom. The largest absolute Gasteiger partial charge is 0.434 e. The lowest BCUT2D eigenvalue weighted by Gasteiger charge is -2.14. The van der Waals surface area contributed by atoms with Gasteiger partial charge in [0.15, 0.2) is 11.4 Å². The molecule has 6 nitrogen and oxygen atoms in total. The fourth-order valence-electron chi connectivity index (χ4n) is 2.69. The predicted octanol–water partition coefficient (Wildman–Crippen LogP) is 4.10. The van der Waals surface area contributed by atoms with Gasteiger partial charge >= 0.3 is 6.18 Å². The van der Waals surface area contributed by atoms with Crippen molar-refractivity contribution in [3.63, 3.8) is 0 Å². The minimum absolute atomic E-state index is 0.0932. The van der Waals surface area contributed by atoms with Crippen molar-refractivity contribution in [2.24, 2.45) is 0 Å². The molecule has 0 saturated heterocycles. The number of halogens is 5. The highest BCUT2D eigenvalue weighted by Gasteiger charge is 2.40. The fraction of sp³-hybridized carbons (Fsp3) is 0.167. The molecule has 0 aliphatic rings. The summed E-state index contributed by atoms with van der Waals surface area (Å²) in [5, 5.41) is 2.24. The second-order valence-corrected chi connectivity index (χ2v) is 6.62. The normalized spacial score (nSPS) is 11.5. The SMILES string of the molecule is CCNC(=O)c1ncn(-c2ccc(-n3ccc(Cl)c(Cl)c3=O)cc2)c1C(F)(F)F. The molecule has 1 aromatic carbocycles. The maximum absolute atomic E-state index is 13.6. The van der Waals surface area contributed by atoms with Gasteiger partial charge in [0.25, 0.3) is 11.5 Å². The molecule has 0 spiro atoms. The van der Waals surface area contributed by atoms with E-state index in [0.717, 1.165) is 10.9 Å². The number of alkyl halides is 3. The molecule has 0 atom stereocenters. The maximum Gasteiger partial charge on any atom is 0.434 e. The predicted molar refractivity (Wildman–Crippen MR) is 102 cm³/mol. The summed E-state index contributed by atoms with van der Waals surface area (Å²) in [5.74, 6) is -0.919. The minimum atomic E-state index is -4.81. The van der Waals surface area contributed by atoms with Crippen LogP contribution in [-0.4, -0.2) is 26.6 Å². The number of nitrogens with zero attached hydrogens (tertiary/aromatic N) is 3. The van der Waals surface area contributed by atoms with E-state index in [0.29, 0.717) is 5.69 Å². The van der Waals surface area contributed by atoms with Crippen molar-refractivity contribution in [3.8, 4) is 11.4 Å². The summed E-state index contributed by atoms with van der Waals surface area (Å²) in [5.41, 5.74) is -2.00. The number of benzene rings is 1. The van der Waals surface area contributed by atoms with E-state index in [1.807, 2.05) is 0 Å². The highest BCUT2D eigenvalue weighted by atomic mass is 35.5. The topological polar surface area (TPSA) is 68.9 Å². The Hall–Kier alpha value is -2.78. The van der Waals surface area contributed by atoms with E-state index in [1.54, 1.807) is 6.92 Å². The standard InChI is InChI=1S/C18H13Cl2F3N4O2/c1-2-24-16(28)14-15(18(21,22)23)27(9-25-14)11-5-3-10(4-6-11)26-8-7-12(19)13(20)17(26)29/h3-9H,2H2,1H3,(H,24,28). The Kier molecular flexibility index (Phi) is 5.72. The van der Waals surface area contributed by atoms with E-state index in [-0.39, 0.29) is 22.3 Å². The van der Waals surface area contributed by atoms with Crippen molar-refractivity contribution in [2.45, 2.75) is 13.1 Å². The lowest BCUT2D eigenvalue weighted by atomic mass is 10.2. The van der Waals surface area contributed by atoms with Crippen molar-refractivity contribution < 1.29 is 18.0 Å². The molecule has 29 heavy (non-hydrogen) atoms. The van der Waals surface area contributed by atoms with Crippen LogP contribution in [0.1, 0.15) is 23.1 Å². The number of imidazole rings is 1. The van der Waals surface area contributed by atoms with Crippen LogP contribution in [0.25, 0.3) is 11.4 Å². The summed E-state index contributed by atoms with van der Waals surface area (Å²) in [6.07, 6.45) is -2.49. The number of rotatable bonds is 4. The Morgan fingerprint density at radius 1 is 1.10 bits per heavy atom. The van der Waals surface area contributed by atoms with Gasteiger partial charge in [-0.05, 0) is 37.3 Å². The zero-order chi connectivity index (χ0) is 21.3. The molecule has 3 rings (SSSR count). The average Bonchev–Trinajstić information content (AvgIpc) is 3.12. The number of hydrogen-bond donors (Lipinski definition) is 1. The molecule has 0 radical (unpaired) electrons. The van der Waals surface area contributed by atoms with Gasteiger partial charge in [-0.2, -0.15) is 13.2 Å². The first kappa shape index (κ1) is 20.9. The van der Waals surface area contributed by atoms with Crippen molar-refractivity contribution >= 4 is 29.1 Å². The third-order valence-electron chi connectivity index (χ3n) is 3.98. The first-order valence-corrected chi connectivity index (χ1v) is 9.01. The van der Waals surface area contributed by atoms with Crippen LogP contribution in [0.4, 0.5) is 13.2 Å². The Morgan fingerprint density at radius 2 is 1.69 bits per heavy atom. The zero-order valence-electron chi connectivity index (χ0n) is 14.8. The number of pyridine rings is 1. The molecule has 1 N–H and O–H groups in total.